The quantitative estimate of drug-likeness (QED) is 0.873. The van der Waals surface area contributed by atoms with Crippen LogP contribution in [0.3, 0.4) is 0 Å². The molecule has 0 spiro atoms. The summed E-state index contributed by atoms with van der Waals surface area (Å²) in [6.07, 6.45) is 1.82. The van der Waals surface area contributed by atoms with Gasteiger partial charge in [0.05, 0.1) is 11.0 Å². The second-order valence-corrected chi connectivity index (χ2v) is 6.45. The van der Waals surface area contributed by atoms with Crippen molar-refractivity contribution >= 4 is 16.1 Å². The normalized spacial score (nSPS) is 18.8. The molecule has 1 saturated heterocycles. The third-order valence-corrected chi connectivity index (χ3v) is 4.42. The number of sulfonamides is 1. The topological polar surface area (TPSA) is 84.5 Å². The Balaban J connectivity index is 1.90. The fourth-order valence-electron chi connectivity index (χ4n) is 1.95. The SMILES string of the molecule is Cc1ccc(S(=O)(=O)NC(=O)NCC2CCCO2)cc1. The van der Waals surface area contributed by atoms with Crippen LogP contribution in [0.4, 0.5) is 4.79 Å². The molecule has 1 aromatic rings. The van der Waals surface area contributed by atoms with Crippen molar-refractivity contribution < 1.29 is 17.9 Å². The summed E-state index contributed by atoms with van der Waals surface area (Å²) in [6, 6.07) is 5.55. The molecule has 0 bridgehead atoms. The molecule has 1 atom stereocenters. The maximum absolute atomic E-state index is 11.9. The Kier molecular flexibility index (Phi) is 4.61. The van der Waals surface area contributed by atoms with E-state index in [1.807, 2.05) is 11.6 Å². The minimum atomic E-state index is -3.82. The Morgan fingerprint density at radius 2 is 2.05 bits per heavy atom. The Morgan fingerprint density at radius 1 is 1.35 bits per heavy atom. The minimum absolute atomic E-state index is 0.0252. The highest BCUT2D eigenvalue weighted by Crippen LogP contribution is 2.11. The number of nitrogens with one attached hydrogen (secondary N) is 2. The van der Waals surface area contributed by atoms with Gasteiger partial charge in [0.25, 0.3) is 10.0 Å². The van der Waals surface area contributed by atoms with Gasteiger partial charge in [0.1, 0.15) is 0 Å². The zero-order valence-electron chi connectivity index (χ0n) is 11.3. The molecule has 110 valence electrons. The number of aryl methyl sites for hydroxylation is 1. The first-order valence-corrected chi connectivity index (χ1v) is 7.94. The van der Waals surface area contributed by atoms with E-state index in [0.29, 0.717) is 13.2 Å². The van der Waals surface area contributed by atoms with E-state index in [1.165, 1.54) is 12.1 Å². The van der Waals surface area contributed by atoms with Crippen LogP contribution < -0.4 is 10.0 Å². The standard InChI is InChI=1S/C13H18N2O4S/c1-10-4-6-12(7-5-10)20(17,18)15-13(16)14-9-11-3-2-8-19-11/h4-7,11H,2-3,8-9H2,1H3,(H2,14,15,16). The van der Waals surface area contributed by atoms with Crippen molar-refractivity contribution in [2.24, 2.45) is 0 Å². The van der Waals surface area contributed by atoms with Gasteiger partial charge in [-0.2, -0.15) is 0 Å². The van der Waals surface area contributed by atoms with Crippen LogP contribution in [0.2, 0.25) is 0 Å². The molecule has 1 heterocycles. The zero-order valence-corrected chi connectivity index (χ0v) is 12.1. The van der Waals surface area contributed by atoms with Gasteiger partial charge >= 0.3 is 6.03 Å². The van der Waals surface area contributed by atoms with Gasteiger partial charge in [0.2, 0.25) is 0 Å². The summed E-state index contributed by atoms with van der Waals surface area (Å²) in [5.74, 6) is 0. The van der Waals surface area contributed by atoms with Crippen molar-refractivity contribution in [2.45, 2.75) is 30.8 Å². The van der Waals surface area contributed by atoms with Crippen LogP contribution in [0, 0.1) is 6.92 Å². The fourth-order valence-corrected chi connectivity index (χ4v) is 2.87. The van der Waals surface area contributed by atoms with Crippen LogP contribution in [0.25, 0.3) is 0 Å². The summed E-state index contributed by atoms with van der Waals surface area (Å²) in [7, 11) is -3.82. The summed E-state index contributed by atoms with van der Waals surface area (Å²) in [4.78, 5) is 11.7. The lowest BCUT2D eigenvalue weighted by Crippen LogP contribution is -2.42. The number of ether oxygens (including phenoxy) is 1. The van der Waals surface area contributed by atoms with E-state index in [4.69, 9.17) is 4.74 Å². The number of carbonyl (C=O) groups is 1. The molecule has 2 rings (SSSR count). The van der Waals surface area contributed by atoms with Crippen molar-refractivity contribution in [1.29, 1.82) is 0 Å². The smallest absolute Gasteiger partial charge is 0.328 e. The average Bonchev–Trinajstić information content (AvgIpc) is 2.89. The van der Waals surface area contributed by atoms with E-state index in [0.717, 1.165) is 18.4 Å². The molecule has 0 aromatic heterocycles. The molecule has 20 heavy (non-hydrogen) atoms. The molecule has 2 N–H and O–H groups in total. The van der Waals surface area contributed by atoms with Gasteiger partial charge in [-0.05, 0) is 31.9 Å². The molecule has 7 heteroatoms. The Labute approximate surface area is 118 Å². The molecule has 0 radical (unpaired) electrons. The van der Waals surface area contributed by atoms with Gasteiger partial charge in [-0.25, -0.2) is 17.9 Å². The van der Waals surface area contributed by atoms with Crippen molar-refractivity contribution in [1.82, 2.24) is 10.0 Å². The summed E-state index contributed by atoms with van der Waals surface area (Å²) in [5, 5.41) is 2.51. The lowest BCUT2D eigenvalue weighted by molar-refractivity contribution is 0.111. The Morgan fingerprint density at radius 3 is 2.65 bits per heavy atom. The highest BCUT2D eigenvalue weighted by Gasteiger charge is 2.20. The number of benzene rings is 1. The Hall–Kier alpha value is -1.60. The monoisotopic (exact) mass is 298 g/mol. The Bertz CT molecular complexity index is 563. The molecule has 0 aliphatic carbocycles. The number of hydrogen-bond donors (Lipinski definition) is 2. The predicted molar refractivity (Wildman–Crippen MR) is 73.9 cm³/mol. The molecule has 1 aliphatic rings. The summed E-state index contributed by atoms with van der Waals surface area (Å²) in [5.41, 5.74) is 0.951. The second-order valence-electron chi connectivity index (χ2n) is 4.76. The molecular formula is C13H18N2O4S. The molecule has 6 nitrogen and oxygen atoms in total. The molecule has 1 unspecified atom stereocenters. The minimum Gasteiger partial charge on any atom is -0.376 e. The van der Waals surface area contributed by atoms with E-state index < -0.39 is 16.1 Å². The lowest BCUT2D eigenvalue weighted by Gasteiger charge is -2.12. The van der Waals surface area contributed by atoms with Gasteiger partial charge in [-0.1, -0.05) is 17.7 Å². The van der Waals surface area contributed by atoms with Gasteiger partial charge in [-0.15, -0.1) is 0 Å². The summed E-state index contributed by atoms with van der Waals surface area (Å²) < 4.78 is 31.2. The van der Waals surface area contributed by atoms with E-state index in [-0.39, 0.29) is 11.0 Å². The van der Waals surface area contributed by atoms with Crippen molar-refractivity contribution in [3.05, 3.63) is 29.8 Å². The number of carbonyl (C=O) groups excluding carboxylic acids is 1. The van der Waals surface area contributed by atoms with Crippen LogP contribution in [0.5, 0.6) is 0 Å². The van der Waals surface area contributed by atoms with Crippen LogP contribution in [-0.4, -0.2) is 33.7 Å². The van der Waals surface area contributed by atoms with Gasteiger partial charge in [0.15, 0.2) is 0 Å². The van der Waals surface area contributed by atoms with Crippen molar-refractivity contribution in [2.75, 3.05) is 13.2 Å². The molecule has 1 fully saturated rings. The molecule has 1 aliphatic heterocycles. The molecular weight excluding hydrogens is 280 g/mol. The predicted octanol–water partition coefficient (Wildman–Crippen LogP) is 1.16. The lowest BCUT2D eigenvalue weighted by atomic mass is 10.2. The van der Waals surface area contributed by atoms with E-state index >= 15 is 0 Å². The van der Waals surface area contributed by atoms with Crippen molar-refractivity contribution in [3.8, 4) is 0 Å². The summed E-state index contributed by atoms with van der Waals surface area (Å²) in [6.45, 7) is 2.86. The maximum atomic E-state index is 11.9. The maximum Gasteiger partial charge on any atom is 0.328 e. The first-order valence-electron chi connectivity index (χ1n) is 6.46. The largest absolute Gasteiger partial charge is 0.376 e. The van der Waals surface area contributed by atoms with Crippen LogP contribution in [0.15, 0.2) is 29.2 Å². The molecule has 1 aromatic carbocycles. The van der Waals surface area contributed by atoms with Crippen LogP contribution in [0.1, 0.15) is 18.4 Å². The van der Waals surface area contributed by atoms with Gasteiger partial charge in [-0.3, -0.25) is 0 Å². The van der Waals surface area contributed by atoms with Crippen LogP contribution in [-0.2, 0) is 14.8 Å². The highest BCUT2D eigenvalue weighted by molar-refractivity contribution is 7.90. The zero-order chi connectivity index (χ0) is 14.6. The van der Waals surface area contributed by atoms with Gasteiger partial charge in [0, 0.05) is 13.2 Å². The third-order valence-electron chi connectivity index (χ3n) is 3.07. The van der Waals surface area contributed by atoms with Crippen LogP contribution >= 0.6 is 0 Å². The van der Waals surface area contributed by atoms with Gasteiger partial charge < -0.3 is 10.1 Å². The number of amides is 2. The van der Waals surface area contributed by atoms with Crippen molar-refractivity contribution in [3.63, 3.8) is 0 Å². The average molecular weight is 298 g/mol. The third kappa shape index (κ3) is 3.94. The fraction of sp³-hybridized carbons (Fsp3) is 0.462. The highest BCUT2D eigenvalue weighted by atomic mass is 32.2. The molecule has 0 saturated carbocycles. The number of rotatable bonds is 4. The molecule has 2 amide bonds. The first kappa shape index (κ1) is 14.8. The van der Waals surface area contributed by atoms with E-state index in [2.05, 4.69) is 5.32 Å². The first-order chi connectivity index (χ1) is 9.47. The van der Waals surface area contributed by atoms with E-state index in [9.17, 15) is 13.2 Å². The second kappa shape index (κ2) is 6.23. The summed E-state index contributed by atoms with van der Waals surface area (Å²) >= 11 is 0. The van der Waals surface area contributed by atoms with E-state index in [1.54, 1.807) is 12.1 Å². The number of urea groups is 1. The number of hydrogen-bond acceptors (Lipinski definition) is 4.